The van der Waals surface area contributed by atoms with Crippen LogP contribution in [0, 0.1) is 5.92 Å². The SMILES string of the molecule is CCC(Nc1c(N)n(CCOC)c(=O)[nH]c1=O)C(C)C. The molecule has 0 radical (unpaired) electrons. The Kier molecular flexibility index (Phi) is 5.82. The van der Waals surface area contributed by atoms with E-state index in [1.54, 1.807) is 0 Å². The van der Waals surface area contributed by atoms with Gasteiger partial charge in [-0.05, 0) is 12.3 Å². The Labute approximate surface area is 118 Å². The van der Waals surface area contributed by atoms with Crippen LogP contribution in [-0.4, -0.2) is 29.3 Å². The van der Waals surface area contributed by atoms with Crippen LogP contribution in [-0.2, 0) is 11.3 Å². The van der Waals surface area contributed by atoms with Gasteiger partial charge in [-0.15, -0.1) is 0 Å². The highest BCUT2D eigenvalue weighted by Gasteiger charge is 2.17. The number of nitrogen functional groups attached to an aromatic ring is 1. The number of methoxy groups -OCH3 is 1. The summed E-state index contributed by atoms with van der Waals surface area (Å²) in [6.45, 7) is 6.80. The van der Waals surface area contributed by atoms with Crippen LogP contribution in [0.4, 0.5) is 11.5 Å². The van der Waals surface area contributed by atoms with Gasteiger partial charge in [0.2, 0.25) is 0 Å². The number of hydrogen-bond acceptors (Lipinski definition) is 5. The molecule has 1 unspecified atom stereocenters. The van der Waals surface area contributed by atoms with E-state index in [4.69, 9.17) is 10.5 Å². The van der Waals surface area contributed by atoms with Crippen molar-refractivity contribution in [3.63, 3.8) is 0 Å². The van der Waals surface area contributed by atoms with E-state index in [2.05, 4.69) is 24.1 Å². The number of nitrogens with two attached hydrogens (primary N) is 1. The fraction of sp³-hybridized carbons (Fsp3) is 0.692. The van der Waals surface area contributed by atoms with Gasteiger partial charge in [0.05, 0.1) is 13.2 Å². The molecule has 0 aromatic carbocycles. The topological polar surface area (TPSA) is 102 Å². The quantitative estimate of drug-likeness (QED) is 0.681. The fourth-order valence-electron chi connectivity index (χ4n) is 2.06. The predicted octanol–water partition coefficient (Wildman–Crippen LogP) is 0.612. The molecule has 1 aromatic heterocycles. The highest BCUT2D eigenvalue weighted by atomic mass is 16.5. The Bertz CT molecular complexity index is 548. The first-order valence-electron chi connectivity index (χ1n) is 6.80. The third kappa shape index (κ3) is 3.63. The number of nitrogens with zero attached hydrogens (tertiary/aromatic N) is 1. The zero-order valence-corrected chi connectivity index (χ0v) is 12.5. The van der Waals surface area contributed by atoms with Crippen molar-refractivity contribution in [1.82, 2.24) is 9.55 Å². The maximum atomic E-state index is 11.9. The molecule has 1 rings (SSSR count). The van der Waals surface area contributed by atoms with Gasteiger partial charge in [-0.3, -0.25) is 14.3 Å². The van der Waals surface area contributed by atoms with Crippen molar-refractivity contribution in [2.45, 2.75) is 39.8 Å². The number of hydrogen-bond donors (Lipinski definition) is 3. The molecule has 0 saturated heterocycles. The van der Waals surface area contributed by atoms with Crippen molar-refractivity contribution in [1.29, 1.82) is 0 Å². The van der Waals surface area contributed by atoms with Crippen LogP contribution in [0.25, 0.3) is 0 Å². The Morgan fingerprint density at radius 2 is 2.05 bits per heavy atom. The van der Waals surface area contributed by atoms with E-state index in [9.17, 15) is 9.59 Å². The molecule has 0 aliphatic heterocycles. The maximum Gasteiger partial charge on any atom is 0.330 e. The van der Waals surface area contributed by atoms with E-state index in [-0.39, 0.29) is 17.5 Å². The standard InChI is InChI=1S/C13H24N4O3/c1-5-9(8(2)3)15-10-11(14)17(6-7-20-4)13(19)16-12(10)18/h8-9,15H,5-7,14H2,1-4H3,(H,16,18,19). The van der Waals surface area contributed by atoms with Crippen LogP contribution in [0.1, 0.15) is 27.2 Å². The second kappa shape index (κ2) is 7.14. The summed E-state index contributed by atoms with van der Waals surface area (Å²) in [6, 6.07) is 0.117. The number of nitrogens with one attached hydrogen (secondary N) is 2. The second-order valence-electron chi connectivity index (χ2n) is 5.07. The average molecular weight is 284 g/mol. The van der Waals surface area contributed by atoms with Gasteiger partial charge in [0.1, 0.15) is 11.5 Å². The summed E-state index contributed by atoms with van der Waals surface area (Å²) >= 11 is 0. The summed E-state index contributed by atoms with van der Waals surface area (Å²) in [4.78, 5) is 25.9. The molecule has 0 aliphatic rings. The van der Waals surface area contributed by atoms with E-state index >= 15 is 0 Å². The number of aromatic nitrogens is 2. The minimum absolute atomic E-state index is 0.117. The zero-order chi connectivity index (χ0) is 15.3. The monoisotopic (exact) mass is 284 g/mol. The number of H-pyrrole nitrogens is 1. The first kappa shape index (κ1) is 16.3. The van der Waals surface area contributed by atoms with Crippen LogP contribution in [0.2, 0.25) is 0 Å². The summed E-state index contributed by atoms with van der Waals surface area (Å²) in [7, 11) is 1.54. The highest BCUT2D eigenvalue weighted by molar-refractivity contribution is 5.60. The van der Waals surface area contributed by atoms with E-state index in [0.29, 0.717) is 19.1 Å². The third-order valence-electron chi connectivity index (χ3n) is 3.33. The van der Waals surface area contributed by atoms with Crippen molar-refractivity contribution >= 4 is 11.5 Å². The molecule has 7 heteroatoms. The molecule has 1 aromatic rings. The lowest BCUT2D eigenvalue weighted by molar-refractivity contribution is 0.186. The van der Waals surface area contributed by atoms with Gasteiger partial charge in [0.25, 0.3) is 5.56 Å². The van der Waals surface area contributed by atoms with Crippen LogP contribution >= 0.6 is 0 Å². The molecular weight excluding hydrogens is 260 g/mol. The number of ether oxygens (including phenoxy) is 1. The Hall–Kier alpha value is -1.76. The molecule has 0 amide bonds. The fourth-order valence-corrected chi connectivity index (χ4v) is 2.06. The minimum Gasteiger partial charge on any atom is -0.383 e. The number of rotatable bonds is 7. The summed E-state index contributed by atoms with van der Waals surface area (Å²) < 4.78 is 6.24. The molecular formula is C13H24N4O3. The van der Waals surface area contributed by atoms with Crippen LogP contribution in [0.5, 0.6) is 0 Å². The smallest absolute Gasteiger partial charge is 0.330 e. The molecule has 0 spiro atoms. The maximum absolute atomic E-state index is 11.9. The van der Waals surface area contributed by atoms with Crippen molar-refractivity contribution in [2.24, 2.45) is 5.92 Å². The lowest BCUT2D eigenvalue weighted by Crippen LogP contribution is -2.37. The van der Waals surface area contributed by atoms with Crippen LogP contribution in [0.15, 0.2) is 9.59 Å². The lowest BCUT2D eigenvalue weighted by atomic mass is 10.0. The van der Waals surface area contributed by atoms with Crippen LogP contribution in [0.3, 0.4) is 0 Å². The largest absolute Gasteiger partial charge is 0.383 e. The lowest BCUT2D eigenvalue weighted by Gasteiger charge is -2.23. The highest BCUT2D eigenvalue weighted by Crippen LogP contribution is 2.16. The van der Waals surface area contributed by atoms with Crippen molar-refractivity contribution in [3.05, 3.63) is 20.8 Å². The van der Waals surface area contributed by atoms with Crippen molar-refractivity contribution in [2.75, 3.05) is 24.8 Å². The van der Waals surface area contributed by atoms with E-state index in [0.717, 1.165) is 6.42 Å². The van der Waals surface area contributed by atoms with Gasteiger partial charge in [0, 0.05) is 13.2 Å². The van der Waals surface area contributed by atoms with E-state index in [1.807, 2.05) is 6.92 Å². The van der Waals surface area contributed by atoms with Crippen molar-refractivity contribution < 1.29 is 4.74 Å². The van der Waals surface area contributed by atoms with E-state index < -0.39 is 11.2 Å². The normalized spacial score (nSPS) is 12.7. The molecule has 0 aliphatic carbocycles. The molecule has 1 heterocycles. The minimum atomic E-state index is -0.521. The predicted molar refractivity (Wildman–Crippen MR) is 80.2 cm³/mol. The van der Waals surface area contributed by atoms with Gasteiger partial charge in [-0.1, -0.05) is 20.8 Å². The van der Waals surface area contributed by atoms with Gasteiger partial charge in [0.15, 0.2) is 0 Å². The van der Waals surface area contributed by atoms with E-state index in [1.165, 1.54) is 11.7 Å². The summed E-state index contributed by atoms with van der Waals surface area (Å²) in [5, 5.41) is 3.14. The van der Waals surface area contributed by atoms with Crippen molar-refractivity contribution in [3.8, 4) is 0 Å². The Morgan fingerprint density at radius 3 is 2.55 bits per heavy atom. The summed E-state index contributed by atoms with van der Waals surface area (Å²) in [6.07, 6.45) is 0.855. The molecule has 0 saturated carbocycles. The molecule has 114 valence electrons. The molecule has 4 N–H and O–H groups in total. The van der Waals surface area contributed by atoms with Gasteiger partial charge >= 0.3 is 5.69 Å². The Balaban J connectivity index is 3.19. The molecule has 20 heavy (non-hydrogen) atoms. The van der Waals surface area contributed by atoms with Crippen LogP contribution < -0.4 is 22.3 Å². The first-order chi connectivity index (χ1) is 9.42. The molecule has 1 atom stereocenters. The first-order valence-corrected chi connectivity index (χ1v) is 6.80. The molecule has 7 nitrogen and oxygen atoms in total. The second-order valence-corrected chi connectivity index (χ2v) is 5.07. The Morgan fingerprint density at radius 1 is 1.40 bits per heavy atom. The summed E-state index contributed by atoms with van der Waals surface area (Å²) in [5.74, 6) is 0.494. The number of anilines is 2. The number of aromatic amines is 1. The zero-order valence-electron chi connectivity index (χ0n) is 12.5. The molecule has 0 fully saturated rings. The van der Waals surface area contributed by atoms with Gasteiger partial charge in [-0.2, -0.15) is 0 Å². The average Bonchev–Trinajstić information content (AvgIpc) is 2.38. The molecule has 0 bridgehead atoms. The van der Waals surface area contributed by atoms with Gasteiger partial charge in [-0.25, -0.2) is 4.79 Å². The summed E-state index contributed by atoms with van der Waals surface area (Å²) in [5.41, 5.74) is 5.20. The third-order valence-corrected chi connectivity index (χ3v) is 3.33. The van der Waals surface area contributed by atoms with Gasteiger partial charge < -0.3 is 15.8 Å².